The van der Waals surface area contributed by atoms with Crippen molar-refractivity contribution < 1.29 is 19.2 Å². The summed E-state index contributed by atoms with van der Waals surface area (Å²) in [5.74, 6) is -0.283. The fraction of sp³-hybridized carbons (Fsp3) is 0.250. The molecule has 9 heteroatoms. The number of nitrogens with zero attached hydrogens (tertiary/aromatic N) is 3. The zero-order valence-corrected chi connectivity index (χ0v) is 11.2. The molecule has 2 aromatic heterocycles. The first-order valence-corrected chi connectivity index (χ1v) is 6.03. The number of urea groups is 1. The van der Waals surface area contributed by atoms with Crippen LogP contribution in [0.25, 0.3) is 0 Å². The van der Waals surface area contributed by atoms with Gasteiger partial charge in [0.05, 0.1) is 6.54 Å². The fourth-order valence-corrected chi connectivity index (χ4v) is 1.47. The summed E-state index contributed by atoms with van der Waals surface area (Å²) >= 11 is 0. The minimum atomic E-state index is -1.10. The molecule has 0 fully saturated rings. The number of aromatic nitrogens is 3. The van der Waals surface area contributed by atoms with Gasteiger partial charge < -0.3 is 20.3 Å². The van der Waals surface area contributed by atoms with E-state index in [2.05, 4.69) is 25.8 Å². The Kier molecular flexibility index (Phi) is 4.44. The SMILES string of the molecule is Cc1noc(CNC(=O)NCc2ccc(C(=O)O)nc2)n1. The van der Waals surface area contributed by atoms with E-state index in [1.807, 2.05) is 0 Å². The fourth-order valence-electron chi connectivity index (χ4n) is 1.47. The van der Waals surface area contributed by atoms with Crippen LogP contribution in [-0.4, -0.2) is 32.2 Å². The van der Waals surface area contributed by atoms with Gasteiger partial charge in [0.15, 0.2) is 5.82 Å². The first-order chi connectivity index (χ1) is 10.0. The number of nitrogens with one attached hydrogen (secondary N) is 2. The number of carbonyl (C=O) groups is 2. The first-order valence-electron chi connectivity index (χ1n) is 6.03. The number of hydrogen-bond acceptors (Lipinski definition) is 6. The van der Waals surface area contributed by atoms with E-state index >= 15 is 0 Å². The van der Waals surface area contributed by atoms with Crippen LogP contribution in [0.4, 0.5) is 4.79 Å². The van der Waals surface area contributed by atoms with Crippen molar-refractivity contribution in [2.45, 2.75) is 20.0 Å². The highest BCUT2D eigenvalue weighted by Crippen LogP contribution is 2.00. The van der Waals surface area contributed by atoms with Gasteiger partial charge in [-0.05, 0) is 18.6 Å². The van der Waals surface area contributed by atoms with Crippen molar-refractivity contribution in [2.24, 2.45) is 0 Å². The van der Waals surface area contributed by atoms with E-state index in [1.54, 1.807) is 13.0 Å². The molecule has 0 unspecified atom stereocenters. The van der Waals surface area contributed by atoms with Gasteiger partial charge in [0.2, 0.25) is 5.89 Å². The van der Waals surface area contributed by atoms with E-state index in [0.717, 1.165) is 0 Å². The predicted molar refractivity (Wildman–Crippen MR) is 69.3 cm³/mol. The molecule has 0 spiro atoms. The maximum Gasteiger partial charge on any atom is 0.354 e. The van der Waals surface area contributed by atoms with Crippen molar-refractivity contribution in [3.63, 3.8) is 0 Å². The lowest BCUT2D eigenvalue weighted by Crippen LogP contribution is -2.34. The smallest absolute Gasteiger partial charge is 0.354 e. The van der Waals surface area contributed by atoms with Crippen LogP contribution in [0.1, 0.15) is 27.8 Å². The molecule has 0 saturated heterocycles. The first kappa shape index (κ1) is 14.4. The Balaban J connectivity index is 1.77. The Morgan fingerprint density at radius 1 is 1.29 bits per heavy atom. The molecular weight excluding hydrogens is 278 g/mol. The number of rotatable bonds is 5. The van der Waals surface area contributed by atoms with Crippen molar-refractivity contribution in [3.05, 3.63) is 41.3 Å². The highest BCUT2D eigenvalue weighted by molar-refractivity contribution is 5.85. The normalized spacial score (nSPS) is 10.1. The van der Waals surface area contributed by atoms with Crippen molar-refractivity contribution in [1.29, 1.82) is 0 Å². The number of aryl methyl sites for hydroxylation is 1. The third-order valence-electron chi connectivity index (χ3n) is 2.47. The zero-order valence-electron chi connectivity index (χ0n) is 11.2. The molecule has 2 aromatic rings. The van der Waals surface area contributed by atoms with Crippen LogP contribution in [0.3, 0.4) is 0 Å². The van der Waals surface area contributed by atoms with Gasteiger partial charge in [-0.25, -0.2) is 14.6 Å². The second-order valence-electron chi connectivity index (χ2n) is 4.13. The van der Waals surface area contributed by atoms with Crippen LogP contribution in [0.5, 0.6) is 0 Å². The zero-order chi connectivity index (χ0) is 15.2. The Morgan fingerprint density at radius 3 is 2.62 bits per heavy atom. The maximum absolute atomic E-state index is 11.5. The van der Waals surface area contributed by atoms with E-state index in [0.29, 0.717) is 17.3 Å². The molecule has 0 radical (unpaired) electrons. The molecule has 0 bridgehead atoms. The number of pyridine rings is 1. The highest BCUT2D eigenvalue weighted by atomic mass is 16.5. The van der Waals surface area contributed by atoms with Crippen LogP contribution < -0.4 is 10.6 Å². The average molecular weight is 291 g/mol. The minimum absolute atomic E-state index is 0.0463. The quantitative estimate of drug-likeness (QED) is 0.729. The molecule has 2 amide bonds. The number of hydrogen-bond donors (Lipinski definition) is 3. The topological polar surface area (TPSA) is 130 Å². The van der Waals surface area contributed by atoms with Crippen molar-refractivity contribution in [1.82, 2.24) is 25.8 Å². The molecule has 110 valence electrons. The summed E-state index contributed by atoms with van der Waals surface area (Å²) in [4.78, 5) is 29.9. The maximum atomic E-state index is 11.5. The minimum Gasteiger partial charge on any atom is -0.477 e. The second kappa shape index (κ2) is 6.46. The van der Waals surface area contributed by atoms with Crippen LogP contribution >= 0.6 is 0 Å². The highest BCUT2D eigenvalue weighted by Gasteiger charge is 2.07. The van der Waals surface area contributed by atoms with Gasteiger partial charge in [-0.3, -0.25) is 0 Å². The molecule has 2 rings (SSSR count). The number of amides is 2. The summed E-state index contributed by atoms with van der Waals surface area (Å²) in [5, 5.41) is 17.5. The van der Waals surface area contributed by atoms with Crippen molar-refractivity contribution >= 4 is 12.0 Å². The second-order valence-corrected chi connectivity index (χ2v) is 4.13. The van der Waals surface area contributed by atoms with Crippen LogP contribution in [-0.2, 0) is 13.1 Å². The summed E-state index contributed by atoms with van der Waals surface area (Å²) < 4.78 is 4.84. The lowest BCUT2D eigenvalue weighted by molar-refractivity contribution is 0.0690. The number of carbonyl (C=O) groups excluding carboxylic acids is 1. The molecule has 0 aromatic carbocycles. The Bertz CT molecular complexity index is 637. The summed E-state index contributed by atoms with van der Waals surface area (Å²) in [7, 11) is 0. The van der Waals surface area contributed by atoms with Crippen LogP contribution in [0, 0.1) is 6.92 Å². The van der Waals surface area contributed by atoms with Gasteiger partial charge in [-0.15, -0.1) is 0 Å². The largest absolute Gasteiger partial charge is 0.477 e. The van der Waals surface area contributed by atoms with E-state index in [1.165, 1.54) is 12.3 Å². The summed E-state index contributed by atoms with van der Waals surface area (Å²) in [6, 6.07) is 2.55. The van der Waals surface area contributed by atoms with Gasteiger partial charge in [0.25, 0.3) is 0 Å². The average Bonchev–Trinajstić information content (AvgIpc) is 2.89. The molecule has 0 saturated carbocycles. The lowest BCUT2D eigenvalue weighted by Gasteiger charge is -2.05. The molecule has 3 N–H and O–H groups in total. The number of carboxylic acid groups (broad SMARTS) is 1. The molecule has 0 aliphatic rings. The van der Waals surface area contributed by atoms with Crippen LogP contribution in [0.15, 0.2) is 22.9 Å². The van der Waals surface area contributed by atoms with E-state index in [9.17, 15) is 9.59 Å². The van der Waals surface area contributed by atoms with Gasteiger partial charge >= 0.3 is 12.0 Å². The third kappa shape index (κ3) is 4.27. The molecule has 9 nitrogen and oxygen atoms in total. The van der Waals surface area contributed by atoms with Gasteiger partial charge in [0, 0.05) is 12.7 Å². The van der Waals surface area contributed by atoms with E-state index in [4.69, 9.17) is 9.63 Å². The van der Waals surface area contributed by atoms with Gasteiger partial charge in [0.1, 0.15) is 5.69 Å². The Morgan fingerprint density at radius 2 is 2.05 bits per heavy atom. The Labute approximate surface area is 119 Å². The third-order valence-corrected chi connectivity index (χ3v) is 2.47. The molecule has 0 aliphatic heterocycles. The van der Waals surface area contributed by atoms with Gasteiger partial charge in [-0.1, -0.05) is 11.2 Å². The van der Waals surface area contributed by atoms with E-state index < -0.39 is 12.0 Å². The molecule has 2 heterocycles. The summed E-state index contributed by atoms with van der Waals surface area (Å²) in [6.45, 7) is 2.03. The number of carboxylic acids is 1. The summed E-state index contributed by atoms with van der Waals surface area (Å²) in [5.41, 5.74) is 0.638. The lowest BCUT2D eigenvalue weighted by atomic mass is 10.2. The standard InChI is InChI=1S/C12H13N5O4/c1-7-16-10(21-17-7)6-15-12(20)14-5-8-2-3-9(11(18)19)13-4-8/h2-4H,5-6H2,1H3,(H,18,19)(H2,14,15,20). The number of aromatic carboxylic acids is 1. The Hall–Kier alpha value is -2.97. The molecule has 0 atom stereocenters. The van der Waals surface area contributed by atoms with Gasteiger partial charge in [-0.2, -0.15) is 4.98 Å². The molecular formula is C12H13N5O4. The molecule has 21 heavy (non-hydrogen) atoms. The molecule has 0 aliphatic carbocycles. The van der Waals surface area contributed by atoms with Crippen molar-refractivity contribution in [2.75, 3.05) is 0 Å². The van der Waals surface area contributed by atoms with Crippen LogP contribution in [0.2, 0.25) is 0 Å². The predicted octanol–water partition coefficient (Wildman–Crippen LogP) is 0.471. The summed E-state index contributed by atoms with van der Waals surface area (Å²) in [6.07, 6.45) is 1.39. The monoisotopic (exact) mass is 291 g/mol. The van der Waals surface area contributed by atoms with Crippen molar-refractivity contribution in [3.8, 4) is 0 Å². The van der Waals surface area contributed by atoms with E-state index in [-0.39, 0.29) is 18.8 Å².